The van der Waals surface area contributed by atoms with Crippen LogP contribution < -0.4 is 21.5 Å². The number of rotatable bonds is 5. The molecule has 1 aromatic heterocycles. The van der Waals surface area contributed by atoms with Crippen molar-refractivity contribution in [2.75, 3.05) is 10.6 Å². The molecule has 0 aliphatic carbocycles. The summed E-state index contributed by atoms with van der Waals surface area (Å²) in [5.41, 5.74) is 0.837. The monoisotopic (exact) mass is 311 g/mol. The molecule has 6 heteroatoms. The summed E-state index contributed by atoms with van der Waals surface area (Å²) in [5, 5.41) is 5.93. The van der Waals surface area contributed by atoms with Crippen LogP contribution in [0.15, 0.2) is 58.4 Å². The largest absolute Gasteiger partial charge is 0.373 e. The van der Waals surface area contributed by atoms with E-state index in [1.165, 1.54) is 12.1 Å². The lowest BCUT2D eigenvalue weighted by Crippen LogP contribution is -2.37. The second kappa shape index (κ2) is 6.00. The van der Waals surface area contributed by atoms with Gasteiger partial charge in [0.25, 0.3) is 10.9 Å². The fraction of sp³-hybridized carbons (Fsp3) is 0.118. The van der Waals surface area contributed by atoms with Crippen molar-refractivity contribution in [3.8, 4) is 0 Å². The highest BCUT2D eigenvalue weighted by Gasteiger charge is 2.22. The summed E-state index contributed by atoms with van der Waals surface area (Å²) < 4.78 is 13.0. The van der Waals surface area contributed by atoms with E-state index in [2.05, 4.69) is 15.6 Å². The Hall–Kier alpha value is -3.02. The van der Waals surface area contributed by atoms with Gasteiger partial charge in [-0.2, -0.15) is 0 Å². The second-order valence-electron chi connectivity index (χ2n) is 5.19. The Morgan fingerprint density at radius 1 is 0.957 bits per heavy atom. The first-order valence-corrected chi connectivity index (χ1v) is 7.08. The lowest BCUT2D eigenvalue weighted by atomic mass is 10.1. The van der Waals surface area contributed by atoms with Crippen LogP contribution in [-0.4, -0.2) is 4.98 Å². The molecule has 0 unspecified atom stereocenters. The third-order valence-electron chi connectivity index (χ3n) is 3.59. The number of hydrogen-bond donors (Lipinski definition) is 2. The van der Waals surface area contributed by atoms with Gasteiger partial charge < -0.3 is 10.6 Å². The summed E-state index contributed by atoms with van der Waals surface area (Å²) in [6.07, 6.45) is 3.17. The maximum Gasteiger partial charge on any atom is 0.253 e. The second-order valence-corrected chi connectivity index (χ2v) is 5.19. The van der Waals surface area contributed by atoms with E-state index in [4.69, 9.17) is 0 Å². The molecule has 2 N–H and O–H groups in total. The van der Waals surface area contributed by atoms with Crippen molar-refractivity contribution < 1.29 is 4.39 Å². The van der Waals surface area contributed by atoms with Gasteiger partial charge in [-0.1, -0.05) is 12.1 Å². The number of halogens is 1. The highest BCUT2D eigenvalue weighted by molar-refractivity contribution is 5.78. The molecular formula is C17H14FN3O2. The number of benzene rings is 1. The van der Waals surface area contributed by atoms with E-state index in [-0.39, 0.29) is 23.2 Å². The minimum absolute atomic E-state index is 0.232. The summed E-state index contributed by atoms with van der Waals surface area (Å²) in [7, 11) is 0. The predicted octanol–water partition coefficient (Wildman–Crippen LogP) is 2.73. The first kappa shape index (κ1) is 14.9. The van der Waals surface area contributed by atoms with Gasteiger partial charge in [0.1, 0.15) is 17.2 Å². The van der Waals surface area contributed by atoms with Crippen LogP contribution >= 0.6 is 0 Å². The predicted molar refractivity (Wildman–Crippen MR) is 87.3 cm³/mol. The van der Waals surface area contributed by atoms with Crippen LogP contribution in [0.5, 0.6) is 0 Å². The SMILES string of the molecule is C[C@@H](Nc1c(Nc2ccncc2)c(=O)c1=O)c1ccc(F)cc1. The molecule has 3 aromatic rings. The molecule has 5 nitrogen and oxygen atoms in total. The first-order chi connectivity index (χ1) is 11.1. The lowest BCUT2D eigenvalue weighted by Gasteiger charge is -2.20. The van der Waals surface area contributed by atoms with E-state index in [1.54, 1.807) is 36.7 Å². The van der Waals surface area contributed by atoms with Gasteiger partial charge in [0.05, 0.1) is 0 Å². The molecular weight excluding hydrogens is 297 g/mol. The van der Waals surface area contributed by atoms with Crippen molar-refractivity contribution in [1.29, 1.82) is 0 Å². The molecule has 0 aliphatic rings. The Morgan fingerprint density at radius 3 is 2.22 bits per heavy atom. The van der Waals surface area contributed by atoms with Crippen molar-refractivity contribution in [2.45, 2.75) is 13.0 Å². The molecule has 116 valence electrons. The van der Waals surface area contributed by atoms with E-state index in [0.29, 0.717) is 5.69 Å². The summed E-state index contributed by atoms with van der Waals surface area (Å²) in [6.45, 7) is 1.83. The fourth-order valence-electron chi connectivity index (χ4n) is 2.28. The smallest absolute Gasteiger partial charge is 0.253 e. The number of pyridine rings is 1. The van der Waals surface area contributed by atoms with Gasteiger partial charge in [-0.3, -0.25) is 14.6 Å². The molecule has 3 rings (SSSR count). The van der Waals surface area contributed by atoms with Crippen LogP contribution in [0.25, 0.3) is 0 Å². The summed E-state index contributed by atoms with van der Waals surface area (Å²) >= 11 is 0. The normalized spacial score (nSPS) is 12.1. The molecule has 0 radical (unpaired) electrons. The zero-order chi connectivity index (χ0) is 16.4. The Labute approximate surface area is 131 Å². The van der Waals surface area contributed by atoms with Crippen molar-refractivity contribution in [2.24, 2.45) is 0 Å². The Balaban J connectivity index is 1.81. The molecule has 1 heterocycles. The average molecular weight is 311 g/mol. The summed E-state index contributed by atoms with van der Waals surface area (Å²) in [6, 6.07) is 9.13. The number of hydrogen-bond acceptors (Lipinski definition) is 5. The van der Waals surface area contributed by atoms with Gasteiger partial charge in [0, 0.05) is 24.1 Å². The van der Waals surface area contributed by atoms with E-state index >= 15 is 0 Å². The Morgan fingerprint density at radius 2 is 1.57 bits per heavy atom. The first-order valence-electron chi connectivity index (χ1n) is 7.08. The molecule has 1 atom stereocenters. The third kappa shape index (κ3) is 2.96. The Bertz CT molecular complexity index is 885. The lowest BCUT2D eigenvalue weighted by molar-refractivity contribution is 0.626. The van der Waals surface area contributed by atoms with Gasteiger partial charge in [0.15, 0.2) is 0 Å². The maximum absolute atomic E-state index is 13.0. The van der Waals surface area contributed by atoms with Crippen molar-refractivity contribution in [3.63, 3.8) is 0 Å². The molecule has 0 amide bonds. The highest BCUT2D eigenvalue weighted by Crippen LogP contribution is 2.24. The van der Waals surface area contributed by atoms with E-state index in [9.17, 15) is 14.0 Å². The van der Waals surface area contributed by atoms with Crippen molar-refractivity contribution in [1.82, 2.24) is 4.98 Å². The van der Waals surface area contributed by atoms with E-state index < -0.39 is 10.9 Å². The zero-order valence-electron chi connectivity index (χ0n) is 12.3. The quantitative estimate of drug-likeness (QED) is 0.709. The fourth-order valence-corrected chi connectivity index (χ4v) is 2.28. The molecule has 0 saturated carbocycles. The number of nitrogens with one attached hydrogen (secondary N) is 2. The van der Waals surface area contributed by atoms with Gasteiger partial charge in [-0.15, -0.1) is 0 Å². The van der Waals surface area contributed by atoms with Crippen LogP contribution in [0.3, 0.4) is 0 Å². The van der Waals surface area contributed by atoms with E-state index in [0.717, 1.165) is 5.56 Å². The van der Waals surface area contributed by atoms with Crippen molar-refractivity contribution in [3.05, 3.63) is 80.6 Å². The molecule has 0 saturated heterocycles. The number of aromatic nitrogens is 1. The summed E-state index contributed by atoms with van der Waals surface area (Å²) in [4.78, 5) is 27.5. The van der Waals surface area contributed by atoms with Gasteiger partial charge in [0.2, 0.25) is 0 Å². The topological polar surface area (TPSA) is 71.1 Å². The highest BCUT2D eigenvalue weighted by atomic mass is 19.1. The molecule has 2 aromatic carbocycles. The Kier molecular flexibility index (Phi) is 3.89. The minimum atomic E-state index is -0.560. The van der Waals surface area contributed by atoms with Crippen molar-refractivity contribution >= 4 is 17.1 Å². The van der Waals surface area contributed by atoms with Gasteiger partial charge in [-0.25, -0.2) is 4.39 Å². The third-order valence-corrected chi connectivity index (χ3v) is 3.59. The van der Waals surface area contributed by atoms with Crippen LogP contribution in [0.2, 0.25) is 0 Å². The minimum Gasteiger partial charge on any atom is -0.373 e. The van der Waals surface area contributed by atoms with E-state index in [1.807, 2.05) is 6.92 Å². The van der Waals surface area contributed by atoms with Crippen LogP contribution in [0.4, 0.5) is 21.5 Å². The molecule has 0 spiro atoms. The number of anilines is 3. The zero-order valence-corrected chi connectivity index (χ0v) is 12.3. The van der Waals surface area contributed by atoms with Gasteiger partial charge >= 0.3 is 0 Å². The molecule has 0 aliphatic heterocycles. The maximum atomic E-state index is 13.0. The average Bonchev–Trinajstić information content (AvgIpc) is 2.59. The number of nitrogens with zero attached hydrogens (tertiary/aromatic N) is 1. The molecule has 23 heavy (non-hydrogen) atoms. The van der Waals surface area contributed by atoms with Crippen LogP contribution in [0, 0.1) is 5.82 Å². The summed E-state index contributed by atoms with van der Waals surface area (Å²) in [5.74, 6) is -0.324. The van der Waals surface area contributed by atoms with Crippen LogP contribution in [0.1, 0.15) is 18.5 Å². The van der Waals surface area contributed by atoms with Gasteiger partial charge in [-0.05, 0) is 36.8 Å². The molecule has 0 bridgehead atoms. The molecule has 0 fully saturated rings. The standard InChI is InChI=1S/C17H14FN3O2/c1-10(11-2-4-12(18)5-3-11)20-14-15(17(23)16(14)22)21-13-6-8-19-9-7-13/h2-10,20H,1H3,(H,19,21)/t10-/m1/s1. The van der Waals surface area contributed by atoms with Crippen LogP contribution in [-0.2, 0) is 0 Å².